The number of ketones is 3. The van der Waals surface area contributed by atoms with E-state index in [1.54, 1.807) is 13.8 Å². The summed E-state index contributed by atoms with van der Waals surface area (Å²) in [6, 6.07) is 0. The summed E-state index contributed by atoms with van der Waals surface area (Å²) < 4.78 is 0. The molecule has 0 atom stereocenters. The Morgan fingerprint density at radius 1 is 1.31 bits per heavy atom. The maximum Gasteiger partial charge on any atom is 0.146 e. The van der Waals surface area contributed by atoms with Gasteiger partial charge in [0.05, 0.1) is 5.41 Å². The third-order valence-corrected chi connectivity index (χ3v) is 3.60. The minimum atomic E-state index is -0.892. The first-order valence-corrected chi connectivity index (χ1v) is 5.98. The lowest BCUT2D eigenvalue weighted by Gasteiger charge is -2.33. The lowest BCUT2D eigenvalue weighted by atomic mass is 9.67. The minimum absolute atomic E-state index is 0.0140. The predicted molar refractivity (Wildman–Crippen MR) is 61.1 cm³/mol. The molecule has 90 valence electrons. The van der Waals surface area contributed by atoms with Crippen LogP contribution in [0.25, 0.3) is 0 Å². The summed E-state index contributed by atoms with van der Waals surface area (Å²) in [6.45, 7) is 5.43. The summed E-state index contributed by atoms with van der Waals surface area (Å²) in [5, 5.41) is 0. The highest BCUT2D eigenvalue weighted by molar-refractivity contribution is 6.09. The Morgan fingerprint density at radius 3 is 2.25 bits per heavy atom. The molecular weight excluding hydrogens is 204 g/mol. The molecule has 16 heavy (non-hydrogen) atoms. The summed E-state index contributed by atoms with van der Waals surface area (Å²) in [5.41, 5.74) is -0.892. The third-order valence-electron chi connectivity index (χ3n) is 3.60. The van der Waals surface area contributed by atoms with Crippen LogP contribution in [0.2, 0.25) is 0 Å². The standard InChI is InChI=1S/C13H20O3/c1-4-10(14)5-6-13(3)11(15)7-9(2)8-12(13)16/h9H,4-8H2,1-3H3. The van der Waals surface area contributed by atoms with E-state index in [4.69, 9.17) is 0 Å². The van der Waals surface area contributed by atoms with E-state index in [0.29, 0.717) is 32.1 Å². The molecule has 0 aromatic heterocycles. The SMILES string of the molecule is CCC(=O)CCC1(C)C(=O)CC(C)CC1=O. The lowest BCUT2D eigenvalue weighted by molar-refractivity contribution is -0.145. The zero-order chi connectivity index (χ0) is 12.3. The van der Waals surface area contributed by atoms with Crippen molar-refractivity contribution in [2.75, 3.05) is 0 Å². The van der Waals surface area contributed by atoms with Crippen molar-refractivity contribution in [3.05, 3.63) is 0 Å². The van der Waals surface area contributed by atoms with Crippen LogP contribution in [0.3, 0.4) is 0 Å². The molecule has 1 saturated carbocycles. The van der Waals surface area contributed by atoms with Crippen molar-refractivity contribution in [1.82, 2.24) is 0 Å². The van der Waals surface area contributed by atoms with Crippen molar-refractivity contribution in [1.29, 1.82) is 0 Å². The summed E-state index contributed by atoms with van der Waals surface area (Å²) in [4.78, 5) is 35.1. The second kappa shape index (κ2) is 4.89. The van der Waals surface area contributed by atoms with Gasteiger partial charge < -0.3 is 0 Å². The number of hydrogen-bond acceptors (Lipinski definition) is 3. The highest BCUT2D eigenvalue weighted by atomic mass is 16.2. The third kappa shape index (κ3) is 2.57. The molecule has 0 unspecified atom stereocenters. The van der Waals surface area contributed by atoms with Gasteiger partial charge >= 0.3 is 0 Å². The lowest BCUT2D eigenvalue weighted by Crippen LogP contribution is -2.42. The molecule has 0 aromatic rings. The number of hydrogen-bond donors (Lipinski definition) is 0. The van der Waals surface area contributed by atoms with Crippen molar-refractivity contribution >= 4 is 17.3 Å². The van der Waals surface area contributed by atoms with Gasteiger partial charge in [-0.2, -0.15) is 0 Å². The van der Waals surface area contributed by atoms with Crippen molar-refractivity contribution in [3.8, 4) is 0 Å². The molecule has 0 spiro atoms. The van der Waals surface area contributed by atoms with Gasteiger partial charge in [0.15, 0.2) is 0 Å². The van der Waals surface area contributed by atoms with E-state index in [9.17, 15) is 14.4 Å². The smallest absolute Gasteiger partial charge is 0.146 e. The zero-order valence-electron chi connectivity index (χ0n) is 10.3. The van der Waals surface area contributed by atoms with Crippen LogP contribution < -0.4 is 0 Å². The highest BCUT2D eigenvalue weighted by Gasteiger charge is 2.44. The Morgan fingerprint density at radius 2 is 1.81 bits per heavy atom. The summed E-state index contributed by atoms with van der Waals surface area (Å²) in [7, 11) is 0. The molecule has 1 fully saturated rings. The quantitative estimate of drug-likeness (QED) is 0.688. The van der Waals surface area contributed by atoms with Crippen LogP contribution in [0.5, 0.6) is 0 Å². The van der Waals surface area contributed by atoms with Gasteiger partial charge in [0.1, 0.15) is 17.3 Å². The van der Waals surface area contributed by atoms with Gasteiger partial charge in [-0.1, -0.05) is 13.8 Å². The summed E-state index contributed by atoms with van der Waals surface area (Å²) in [6.07, 6.45) is 2.17. The number of rotatable bonds is 4. The van der Waals surface area contributed by atoms with E-state index in [2.05, 4.69) is 0 Å². The number of carbonyl (C=O) groups is 3. The Bertz CT molecular complexity index is 299. The first-order chi connectivity index (χ1) is 7.40. The van der Waals surface area contributed by atoms with Crippen LogP contribution in [0.4, 0.5) is 0 Å². The molecule has 0 amide bonds. The van der Waals surface area contributed by atoms with E-state index >= 15 is 0 Å². The highest BCUT2D eigenvalue weighted by Crippen LogP contribution is 2.36. The fourth-order valence-corrected chi connectivity index (χ4v) is 2.16. The predicted octanol–water partition coefficient (Wildman–Crippen LogP) is 2.32. The van der Waals surface area contributed by atoms with Crippen LogP contribution in [0, 0.1) is 11.3 Å². The molecule has 3 nitrogen and oxygen atoms in total. The molecule has 3 heteroatoms. The first-order valence-electron chi connectivity index (χ1n) is 5.98. The summed E-state index contributed by atoms with van der Waals surface area (Å²) >= 11 is 0. The van der Waals surface area contributed by atoms with Crippen molar-refractivity contribution in [2.24, 2.45) is 11.3 Å². The second-order valence-electron chi connectivity index (χ2n) is 5.08. The molecule has 0 bridgehead atoms. The first kappa shape index (κ1) is 13.1. The fraction of sp³-hybridized carbons (Fsp3) is 0.769. The van der Waals surface area contributed by atoms with Crippen LogP contribution in [0.1, 0.15) is 52.9 Å². The number of carbonyl (C=O) groups excluding carboxylic acids is 3. The van der Waals surface area contributed by atoms with Gasteiger partial charge in [0.2, 0.25) is 0 Å². The minimum Gasteiger partial charge on any atom is -0.300 e. The molecular formula is C13H20O3. The van der Waals surface area contributed by atoms with E-state index in [0.717, 1.165) is 0 Å². The molecule has 0 heterocycles. The normalized spacial score (nSPS) is 30.6. The van der Waals surface area contributed by atoms with E-state index < -0.39 is 5.41 Å². The van der Waals surface area contributed by atoms with Gasteiger partial charge in [-0.15, -0.1) is 0 Å². The molecule has 1 rings (SSSR count). The molecule has 0 aliphatic heterocycles. The Kier molecular flexibility index (Phi) is 4.00. The monoisotopic (exact) mass is 224 g/mol. The van der Waals surface area contributed by atoms with Crippen LogP contribution in [0.15, 0.2) is 0 Å². The van der Waals surface area contributed by atoms with Crippen molar-refractivity contribution < 1.29 is 14.4 Å². The average Bonchev–Trinajstić information content (AvgIpc) is 2.22. The Hall–Kier alpha value is -0.990. The fourth-order valence-electron chi connectivity index (χ4n) is 2.16. The van der Waals surface area contributed by atoms with Crippen molar-refractivity contribution in [2.45, 2.75) is 52.9 Å². The molecule has 1 aliphatic carbocycles. The molecule has 0 saturated heterocycles. The van der Waals surface area contributed by atoms with E-state index in [-0.39, 0.29) is 23.3 Å². The molecule has 0 N–H and O–H groups in total. The zero-order valence-corrected chi connectivity index (χ0v) is 10.3. The van der Waals surface area contributed by atoms with Gasteiger partial charge in [0.25, 0.3) is 0 Å². The largest absolute Gasteiger partial charge is 0.300 e. The number of Topliss-reactive ketones (excluding diaryl/α,β-unsaturated/α-hetero) is 3. The Balaban J connectivity index is 2.70. The maximum absolute atomic E-state index is 11.9. The van der Waals surface area contributed by atoms with Crippen LogP contribution >= 0.6 is 0 Å². The molecule has 0 radical (unpaired) electrons. The maximum atomic E-state index is 11.9. The van der Waals surface area contributed by atoms with Gasteiger partial charge in [-0.25, -0.2) is 0 Å². The Labute approximate surface area is 96.6 Å². The summed E-state index contributed by atoms with van der Waals surface area (Å²) in [5.74, 6) is 0.315. The van der Waals surface area contributed by atoms with Crippen molar-refractivity contribution in [3.63, 3.8) is 0 Å². The second-order valence-corrected chi connectivity index (χ2v) is 5.08. The molecule has 1 aliphatic rings. The van der Waals surface area contributed by atoms with E-state index in [1.165, 1.54) is 0 Å². The van der Waals surface area contributed by atoms with Crippen LogP contribution in [-0.4, -0.2) is 17.3 Å². The average molecular weight is 224 g/mol. The van der Waals surface area contributed by atoms with Gasteiger partial charge in [-0.3, -0.25) is 14.4 Å². The van der Waals surface area contributed by atoms with Gasteiger partial charge in [0, 0.05) is 25.7 Å². The topological polar surface area (TPSA) is 51.2 Å². The van der Waals surface area contributed by atoms with Crippen LogP contribution in [-0.2, 0) is 14.4 Å². The van der Waals surface area contributed by atoms with Gasteiger partial charge in [-0.05, 0) is 19.3 Å². The molecule has 0 aromatic carbocycles. The van der Waals surface area contributed by atoms with E-state index in [1.807, 2.05) is 6.92 Å².